The molecule has 0 saturated carbocycles. The average Bonchev–Trinajstić information content (AvgIpc) is 3.01. The molecule has 5 nitrogen and oxygen atoms in total. The van der Waals surface area contributed by atoms with E-state index in [9.17, 15) is 9.18 Å². The van der Waals surface area contributed by atoms with Gasteiger partial charge in [-0.15, -0.1) is 16.8 Å². The fraction of sp³-hybridized carbons (Fsp3) is 0.389. The molecule has 0 bridgehead atoms. The second-order valence-corrected chi connectivity index (χ2v) is 6.52. The maximum absolute atomic E-state index is 13.1. The lowest BCUT2D eigenvalue weighted by Crippen LogP contribution is -2.35. The van der Waals surface area contributed by atoms with Gasteiger partial charge >= 0.3 is 0 Å². The van der Waals surface area contributed by atoms with Crippen LogP contribution in [-0.4, -0.2) is 32.5 Å². The minimum absolute atomic E-state index is 0.0183. The van der Waals surface area contributed by atoms with Crippen molar-refractivity contribution in [2.45, 2.75) is 44.4 Å². The minimum atomic E-state index is -0.300. The van der Waals surface area contributed by atoms with Gasteiger partial charge < -0.3 is 5.32 Å². The first-order valence-electron chi connectivity index (χ1n) is 8.31. The first-order chi connectivity index (χ1) is 12.1. The Kier molecular flexibility index (Phi) is 7.18. The molecular formula is C18H23FN4OS. The Labute approximate surface area is 151 Å². The van der Waals surface area contributed by atoms with Crippen LogP contribution in [0.2, 0.25) is 0 Å². The van der Waals surface area contributed by atoms with E-state index in [1.165, 1.54) is 23.9 Å². The van der Waals surface area contributed by atoms with E-state index in [1.807, 2.05) is 4.57 Å². The molecule has 0 unspecified atom stereocenters. The topological polar surface area (TPSA) is 59.8 Å². The van der Waals surface area contributed by atoms with Crippen molar-refractivity contribution in [3.63, 3.8) is 0 Å². The number of hydrogen-bond donors (Lipinski definition) is 1. The lowest BCUT2D eigenvalue weighted by atomic mass is 10.2. The number of benzene rings is 1. The Morgan fingerprint density at radius 2 is 2.00 bits per heavy atom. The molecule has 134 valence electrons. The highest BCUT2D eigenvalue weighted by atomic mass is 32.2. The summed E-state index contributed by atoms with van der Waals surface area (Å²) in [5.41, 5.74) is 0.768. The second-order valence-electron chi connectivity index (χ2n) is 5.58. The van der Waals surface area contributed by atoms with Crippen LogP contribution in [0, 0.1) is 5.82 Å². The number of allylic oxidation sites excluding steroid dienone is 1. The van der Waals surface area contributed by atoms with Gasteiger partial charge in [0.1, 0.15) is 5.82 Å². The highest BCUT2D eigenvalue weighted by Crippen LogP contribution is 2.24. The van der Waals surface area contributed by atoms with Gasteiger partial charge in [-0.05, 0) is 37.1 Å². The van der Waals surface area contributed by atoms with Gasteiger partial charge in [-0.3, -0.25) is 9.36 Å². The van der Waals surface area contributed by atoms with Gasteiger partial charge in [0.15, 0.2) is 11.0 Å². The molecule has 1 heterocycles. The number of rotatable bonds is 9. The van der Waals surface area contributed by atoms with Crippen LogP contribution in [0.5, 0.6) is 0 Å². The summed E-state index contributed by atoms with van der Waals surface area (Å²) in [5, 5.41) is 12.0. The SMILES string of the molecule is C=CCn1c(SCC(=O)NC(CC)CC)nnc1-c1ccc(F)cc1. The molecule has 0 fully saturated rings. The Hall–Kier alpha value is -2.15. The Morgan fingerprint density at radius 1 is 1.32 bits per heavy atom. The zero-order valence-corrected chi connectivity index (χ0v) is 15.4. The number of carbonyl (C=O) groups excluding carboxylic acids is 1. The summed E-state index contributed by atoms with van der Waals surface area (Å²) in [6.07, 6.45) is 3.56. The normalized spacial score (nSPS) is 10.9. The van der Waals surface area contributed by atoms with Gasteiger partial charge in [0.25, 0.3) is 0 Å². The maximum atomic E-state index is 13.1. The van der Waals surface area contributed by atoms with E-state index >= 15 is 0 Å². The number of carbonyl (C=O) groups is 1. The Balaban J connectivity index is 2.12. The molecule has 7 heteroatoms. The molecule has 1 aromatic heterocycles. The smallest absolute Gasteiger partial charge is 0.230 e. The summed E-state index contributed by atoms with van der Waals surface area (Å²) >= 11 is 1.33. The van der Waals surface area contributed by atoms with E-state index in [-0.39, 0.29) is 23.5 Å². The van der Waals surface area contributed by atoms with E-state index in [0.29, 0.717) is 17.5 Å². The van der Waals surface area contributed by atoms with Crippen LogP contribution in [0.4, 0.5) is 4.39 Å². The predicted molar refractivity (Wildman–Crippen MR) is 98.8 cm³/mol. The van der Waals surface area contributed by atoms with Crippen molar-refractivity contribution in [3.8, 4) is 11.4 Å². The second kappa shape index (κ2) is 9.36. The molecule has 1 N–H and O–H groups in total. The summed E-state index contributed by atoms with van der Waals surface area (Å²) in [7, 11) is 0. The van der Waals surface area contributed by atoms with Crippen LogP contribution < -0.4 is 5.32 Å². The number of amides is 1. The van der Waals surface area contributed by atoms with Crippen molar-refractivity contribution in [3.05, 3.63) is 42.7 Å². The number of thioether (sulfide) groups is 1. The number of aromatic nitrogens is 3. The van der Waals surface area contributed by atoms with Crippen LogP contribution in [0.15, 0.2) is 42.1 Å². The lowest BCUT2D eigenvalue weighted by molar-refractivity contribution is -0.119. The van der Waals surface area contributed by atoms with Gasteiger partial charge in [0, 0.05) is 18.2 Å². The van der Waals surface area contributed by atoms with Crippen LogP contribution in [0.3, 0.4) is 0 Å². The first kappa shape index (κ1) is 19.2. The highest BCUT2D eigenvalue weighted by Gasteiger charge is 2.16. The zero-order valence-electron chi connectivity index (χ0n) is 14.5. The zero-order chi connectivity index (χ0) is 18.2. The third-order valence-electron chi connectivity index (χ3n) is 3.81. The summed E-state index contributed by atoms with van der Waals surface area (Å²) in [6.45, 7) is 8.37. The van der Waals surface area contributed by atoms with Crippen molar-refractivity contribution in [2.24, 2.45) is 0 Å². The molecule has 25 heavy (non-hydrogen) atoms. The largest absolute Gasteiger partial charge is 0.353 e. The van der Waals surface area contributed by atoms with Gasteiger partial charge in [0.2, 0.25) is 5.91 Å². The van der Waals surface area contributed by atoms with Crippen molar-refractivity contribution < 1.29 is 9.18 Å². The molecule has 0 spiro atoms. The molecule has 0 radical (unpaired) electrons. The number of halogens is 1. The summed E-state index contributed by atoms with van der Waals surface area (Å²) in [6, 6.07) is 6.30. The van der Waals surface area contributed by atoms with Crippen molar-refractivity contribution in [1.29, 1.82) is 0 Å². The monoisotopic (exact) mass is 362 g/mol. The molecule has 2 aromatic rings. The molecular weight excluding hydrogens is 339 g/mol. The standard InChI is InChI=1S/C18H23FN4OS/c1-4-11-23-17(13-7-9-14(19)10-8-13)21-22-18(23)25-12-16(24)20-15(5-2)6-3/h4,7-10,15H,1,5-6,11-12H2,2-3H3,(H,20,24). The van der Waals surface area contributed by atoms with E-state index in [2.05, 4.69) is 35.9 Å². The molecule has 0 aliphatic heterocycles. The summed E-state index contributed by atoms with van der Waals surface area (Å²) < 4.78 is 15.0. The fourth-order valence-corrected chi connectivity index (χ4v) is 3.15. The molecule has 0 aliphatic carbocycles. The van der Waals surface area contributed by atoms with Gasteiger partial charge in [0.05, 0.1) is 5.75 Å². The molecule has 1 amide bonds. The highest BCUT2D eigenvalue weighted by molar-refractivity contribution is 7.99. The number of nitrogens with zero attached hydrogens (tertiary/aromatic N) is 3. The molecule has 1 aromatic carbocycles. The van der Waals surface area contributed by atoms with E-state index in [4.69, 9.17) is 0 Å². The summed E-state index contributed by atoms with van der Waals surface area (Å²) in [5.74, 6) is 0.582. The third kappa shape index (κ3) is 5.16. The fourth-order valence-electron chi connectivity index (χ4n) is 2.39. The van der Waals surface area contributed by atoms with E-state index < -0.39 is 0 Å². The quantitative estimate of drug-likeness (QED) is 0.546. The predicted octanol–water partition coefficient (Wildman–Crippen LogP) is 3.67. The van der Waals surface area contributed by atoms with E-state index in [0.717, 1.165) is 18.4 Å². The molecule has 0 atom stereocenters. The molecule has 0 saturated heterocycles. The average molecular weight is 362 g/mol. The van der Waals surface area contributed by atoms with Crippen LogP contribution in [0.1, 0.15) is 26.7 Å². The van der Waals surface area contributed by atoms with Crippen molar-refractivity contribution in [2.75, 3.05) is 5.75 Å². The van der Waals surface area contributed by atoms with Gasteiger partial charge in [-0.25, -0.2) is 4.39 Å². The number of hydrogen-bond acceptors (Lipinski definition) is 4. The summed E-state index contributed by atoms with van der Waals surface area (Å²) in [4.78, 5) is 12.1. The Bertz CT molecular complexity index is 710. The van der Waals surface area contributed by atoms with Crippen molar-refractivity contribution in [1.82, 2.24) is 20.1 Å². The number of nitrogens with one attached hydrogen (secondary N) is 1. The van der Waals surface area contributed by atoms with E-state index in [1.54, 1.807) is 18.2 Å². The molecule has 2 rings (SSSR count). The van der Waals surface area contributed by atoms with Crippen LogP contribution >= 0.6 is 11.8 Å². The van der Waals surface area contributed by atoms with Crippen molar-refractivity contribution >= 4 is 17.7 Å². The van der Waals surface area contributed by atoms with Gasteiger partial charge in [-0.2, -0.15) is 0 Å². The lowest BCUT2D eigenvalue weighted by Gasteiger charge is -2.14. The van der Waals surface area contributed by atoms with Gasteiger partial charge in [-0.1, -0.05) is 31.7 Å². The molecule has 0 aliphatic rings. The van der Waals surface area contributed by atoms with Crippen LogP contribution in [-0.2, 0) is 11.3 Å². The van der Waals surface area contributed by atoms with Crippen LogP contribution in [0.25, 0.3) is 11.4 Å². The maximum Gasteiger partial charge on any atom is 0.230 e. The third-order valence-corrected chi connectivity index (χ3v) is 4.78. The first-order valence-corrected chi connectivity index (χ1v) is 9.29. The minimum Gasteiger partial charge on any atom is -0.353 e. The Morgan fingerprint density at radius 3 is 2.60 bits per heavy atom.